The molecule has 6 heteroatoms. The van der Waals surface area contributed by atoms with E-state index in [0.29, 0.717) is 0 Å². The number of benzene rings is 1. The Labute approximate surface area is 131 Å². The monoisotopic (exact) mass is 331 g/mol. The second kappa shape index (κ2) is 7.73. The zero-order valence-electron chi connectivity index (χ0n) is 11.5. The second-order valence-electron chi connectivity index (χ2n) is 4.58. The third-order valence-electron chi connectivity index (χ3n) is 3.06. The molecule has 0 fully saturated rings. The maximum absolute atomic E-state index is 12.1. The van der Waals surface area contributed by atoms with Crippen LogP contribution in [0, 0.1) is 0 Å². The van der Waals surface area contributed by atoms with E-state index in [1.54, 1.807) is 35.6 Å². The number of halogens is 3. The molecule has 0 spiro atoms. The van der Waals surface area contributed by atoms with E-state index in [2.05, 4.69) is 10.1 Å². The quantitative estimate of drug-likeness (QED) is 0.779. The summed E-state index contributed by atoms with van der Waals surface area (Å²) < 4.78 is 29.3. The van der Waals surface area contributed by atoms with Crippen LogP contribution in [0.3, 0.4) is 0 Å². The van der Waals surface area contributed by atoms with Crippen LogP contribution in [-0.2, 0) is 6.42 Å². The Morgan fingerprint density at radius 1 is 1.19 bits per heavy atom. The van der Waals surface area contributed by atoms with Gasteiger partial charge in [0.15, 0.2) is 0 Å². The van der Waals surface area contributed by atoms with Crippen LogP contribution in [0.1, 0.15) is 23.4 Å². The molecule has 2 nitrogen and oxygen atoms in total. The predicted molar refractivity (Wildman–Crippen MR) is 82.5 cm³/mol. The molecule has 1 atom stereocenters. The van der Waals surface area contributed by atoms with Gasteiger partial charge in [-0.15, -0.1) is 11.3 Å². The van der Waals surface area contributed by atoms with Gasteiger partial charge in [0, 0.05) is 17.5 Å². The van der Waals surface area contributed by atoms with E-state index in [9.17, 15) is 8.78 Å². The summed E-state index contributed by atoms with van der Waals surface area (Å²) in [6, 6.07) is 10.7. The third kappa shape index (κ3) is 5.26. The maximum Gasteiger partial charge on any atom is 0.387 e. The van der Waals surface area contributed by atoms with Crippen molar-refractivity contribution in [3.8, 4) is 5.75 Å². The van der Waals surface area contributed by atoms with E-state index >= 15 is 0 Å². The minimum Gasteiger partial charge on any atom is -0.435 e. The van der Waals surface area contributed by atoms with E-state index in [1.165, 1.54) is 4.88 Å². The average Bonchev–Trinajstić information content (AvgIpc) is 2.84. The zero-order valence-corrected chi connectivity index (χ0v) is 13.1. The lowest BCUT2D eigenvalue weighted by molar-refractivity contribution is -0.0498. The highest BCUT2D eigenvalue weighted by atomic mass is 35.5. The van der Waals surface area contributed by atoms with Gasteiger partial charge in [0.1, 0.15) is 5.75 Å². The molecule has 21 heavy (non-hydrogen) atoms. The van der Waals surface area contributed by atoms with Crippen molar-refractivity contribution >= 4 is 22.9 Å². The molecule has 0 amide bonds. The van der Waals surface area contributed by atoms with Crippen molar-refractivity contribution < 1.29 is 13.5 Å². The summed E-state index contributed by atoms with van der Waals surface area (Å²) in [6.45, 7) is 0.0709. The Bertz CT molecular complexity index is 559. The Morgan fingerprint density at radius 3 is 2.48 bits per heavy atom. The highest BCUT2D eigenvalue weighted by Gasteiger charge is 2.07. The molecule has 0 radical (unpaired) electrons. The number of rotatable bonds is 7. The predicted octanol–water partition coefficient (Wildman–Crippen LogP) is 4.90. The van der Waals surface area contributed by atoms with Crippen molar-refractivity contribution in [3.05, 3.63) is 51.2 Å². The molecule has 2 aromatic rings. The number of nitrogens with one attached hydrogen (secondary N) is 1. The fraction of sp³-hybridized carbons (Fsp3) is 0.333. The van der Waals surface area contributed by atoms with Crippen LogP contribution >= 0.6 is 22.9 Å². The summed E-state index contributed by atoms with van der Waals surface area (Å²) in [4.78, 5) is 1.24. The minimum atomic E-state index is -2.79. The summed E-state index contributed by atoms with van der Waals surface area (Å²) in [5, 5.41) is 3.39. The molecule has 2 rings (SSSR count). The van der Waals surface area contributed by atoms with Crippen LogP contribution in [0.5, 0.6) is 5.75 Å². The molecule has 0 bridgehead atoms. The first-order chi connectivity index (χ1) is 10.0. The normalized spacial score (nSPS) is 12.6. The molecule has 0 aliphatic rings. The molecule has 1 heterocycles. The molecule has 0 saturated heterocycles. The summed E-state index contributed by atoms with van der Waals surface area (Å²) in [5.41, 5.74) is 1.03. The van der Waals surface area contributed by atoms with Crippen LogP contribution in [0.15, 0.2) is 36.4 Å². The molecule has 1 aromatic heterocycles. The van der Waals surface area contributed by atoms with Crippen LogP contribution in [-0.4, -0.2) is 13.2 Å². The van der Waals surface area contributed by atoms with Gasteiger partial charge in [-0.1, -0.05) is 23.7 Å². The maximum atomic E-state index is 12.1. The van der Waals surface area contributed by atoms with E-state index in [1.807, 2.05) is 19.1 Å². The summed E-state index contributed by atoms with van der Waals surface area (Å²) in [7, 11) is 0. The minimum absolute atomic E-state index is 0.140. The Morgan fingerprint density at radius 2 is 1.90 bits per heavy atom. The van der Waals surface area contributed by atoms with Crippen LogP contribution < -0.4 is 10.1 Å². The SMILES string of the molecule is CC(NCCc1ccc(Cl)s1)c1ccc(OC(F)F)cc1. The molecule has 1 unspecified atom stereocenters. The fourth-order valence-corrected chi connectivity index (χ4v) is 3.04. The standard InChI is InChI=1S/C15H16ClF2NOS/c1-10(19-9-8-13-6-7-14(16)21-13)11-2-4-12(5-3-11)20-15(17)18/h2-7,10,15,19H,8-9H2,1H3. The van der Waals surface area contributed by atoms with Crippen molar-refractivity contribution in [3.63, 3.8) is 0 Å². The molecule has 0 aliphatic carbocycles. The Balaban J connectivity index is 1.81. The highest BCUT2D eigenvalue weighted by molar-refractivity contribution is 7.16. The van der Waals surface area contributed by atoms with Gasteiger partial charge in [0.25, 0.3) is 0 Å². The number of alkyl halides is 2. The van der Waals surface area contributed by atoms with Crippen molar-refractivity contribution in [2.45, 2.75) is 26.0 Å². The van der Waals surface area contributed by atoms with Crippen molar-refractivity contribution in [1.29, 1.82) is 0 Å². The lowest BCUT2D eigenvalue weighted by atomic mass is 10.1. The van der Waals surface area contributed by atoms with Crippen LogP contribution in [0.4, 0.5) is 8.78 Å². The van der Waals surface area contributed by atoms with Gasteiger partial charge >= 0.3 is 6.61 Å². The lowest BCUT2D eigenvalue weighted by Crippen LogP contribution is -2.21. The fourth-order valence-electron chi connectivity index (χ4n) is 1.95. The van der Waals surface area contributed by atoms with Crippen molar-refractivity contribution in [2.24, 2.45) is 0 Å². The number of thiophene rings is 1. The average molecular weight is 332 g/mol. The van der Waals surface area contributed by atoms with Crippen LogP contribution in [0.25, 0.3) is 0 Å². The molecular weight excluding hydrogens is 316 g/mol. The smallest absolute Gasteiger partial charge is 0.387 e. The molecule has 0 aliphatic heterocycles. The van der Waals surface area contributed by atoms with Gasteiger partial charge < -0.3 is 10.1 Å². The van der Waals surface area contributed by atoms with E-state index in [0.717, 1.165) is 22.9 Å². The second-order valence-corrected chi connectivity index (χ2v) is 6.38. The van der Waals surface area contributed by atoms with Gasteiger partial charge in [-0.05, 0) is 43.2 Å². The van der Waals surface area contributed by atoms with E-state index in [-0.39, 0.29) is 11.8 Å². The molecule has 0 saturated carbocycles. The first-order valence-corrected chi connectivity index (χ1v) is 7.76. The van der Waals surface area contributed by atoms with Gasteiger partial charge in [0.2, 0.25) is 0 Å². The zero-order chi connectivity index (χ0) is 15.2. The Hall–Kier alpha value is -1.17. The van der Waals surface area contributed by atoms with Gasteiger partial charge in [-0.3, -0.25) is 0 Å². The number of hydrogen-bond acceptors (Lipinski definition) is 3. The molecule has 114 valence electrons. The van der Waals surface area contributed by atoms with Gasteiger partial charge in [-0.25, -0.2) is 0 Å². The van der Waals surface area contributed by atoms with Crippen molar-refractivity contribution in [1.82, 2.24) is 5.32 Å². The molecular formula is C15H16ClF2NOS. The topological polar surface area (TPSA) is 21.3 Å². The largest absolute Gasteiger partial charge is 0.435 e. The van der Waals surface area contributed by atoms with Gasteiger partial charge in [-0.2, -0.15) is 8.78 Å². The third-order valence-corrected chi connectivity index (χ3v) is 4.35. The van der Waals surface area contributed by atoms with Crippen LogP contribution in [0.2, 0.25) is 4.34 Å². The highest BCUT2D eigenvalue weighted by Crippen LogP contribution is 2.22. The first-order valence-electron chi connectivity index (χ1n) is 6.57. The number of hydrogen-bond donors (Lipinski definition) is 1. The van der Waals surface area contributed by atoms with Gasteiger partial charge in [0.05, 0.1) is 4.34 Å². The Kier molecular flexibility index (Phi) is 5.96. The molecule has 1 N–H and O–H groups in total. The summed E-state index contributed by atoms with van der Waals surface area (Å²) in [5.74, 6) is 0.175. The summed E-state index contributed by atoms with van der Waals surface area (Å²) in [6.07, 6.45) is 0.911. The van der Waals surface area contributed by atoms with E-state index in [4.69, 9.17) is 11.6 Å². The van der Waals surface area contributed by atoms with E-state index < -0.39 is 6.61 Å². The number of ether oxygens (including phenoxy) is 1. The lowest BCUT2D eigenvalue weighted by Gasteiger charge is -2.14. The first kappa shape index (κ1) is 16.2. The molecule has 1 aromatic carbocycles. The van der Waals surface area contributed by atoms with Crippen molar-refractivity contribution in [2.75, 3.05) is 6.54 Å². The summed E-state index contributed by atoms with van der Waals surface area (Å²) >= 11 is 7.46.